The number of fused-ring (bicyclic) bond motifs is 1. The van der Waals surface area contributed by atoms with Gasteiger partial charge in [-0.25, -0.2) is 4.79 Å². The van der Waals surface area contributed by atoms with Crippen molar-refractivity contribution in [3.63, 3.8) is 0 Å². The second-order valence-electron chi connectivity index (χ2n) is 6.51. The number of amides is 1. The summed E-state index contributed by atoms with van der Waals surface area (Å²) < 4.78 is 16.4. The number of hydrogen-bond acceptors (Lipinski definition) is 5. The van der Waals surface area contributed by atoms with Gasteiger partial charge in [-0.2, -0.15) is 0 Å². The molecule has 0 bridgehead atoms. The van der Waals surface area contributed by atoms with Crippen LogP contribution in [0.3, 0.4) is 0 Å². The number of carbonyl (C=O) groups excluding carboxylic acids is 2. The standard InChI is InChI=1S/C18H23NO5/c1-4-22-17(21)15-14(23-18(2,3)24-15)16(20)19-10-9-12-7-5-6-8-13(12)11-19/h5-8,14-15H,4,9-11H2,1-3H3/t14-,15-/m0/s1. The maximum atomic E-state index is 12.9. The van der Waals surface area contributed by atoms with Crippen LogP contribution in [0.25, 0.3) is 0 Å². The average Bonchev–Trinajstić information content (AvgIpc) is 2.90. The van der Waals surface area contributed by atoms with Crippen LogP contribution in [0.5, 0.6) is 0 Å². The average molecular weight is 333 g/mol. The zero-order chi connectivity index (χ0) is 17.3. The van der Waals surface area contributed by atoms with Gasteiger partial charge in [0.15, 0.2) is 18.0 Å². The molecule has 0 radical (unpaired) electrons. The quantitative estimate of drug-likeness (QED) is 0.787. The lowest BCUT2D eigenvalue weighted by Crippen LogP contribution is -2.48. The van der Waals surface area contributed by atoms with E-state index in [9.17, 15) is 9.59 Å². The van der Waals surface area contributed by atoms with Crippen LogP contribution in [0.2, 0.25) is 0 Å². The Morgan fingerprint density at radius 3 is 2.58 bits per heavy atom. The van der Waals surface area contributed by atoms with E-state index in [4.69, 9.17) is 14.2 Å². The zero-order valence-corrected chi connectivity index (χ0v) is 14.3. The summed E-state index contributed by atoms with van der Waals surface area (Å²) in [5.41, 5.74) is 2.38. The van der Waals surface area contributed by atoms with Crippen molar-refractivity contribution in [1.82, 2.24) is 4.90 Å². The summed E-state index contributed by atoms with van der Waals surface area (Å²) in [5, 5.41) is 0. The SMILES string of the molecule is CCOC(=O)[C@H]1OC(C)(C)O[C@@H]1C(=O)N1CCc2ccccc2C1. The number of ether oxygens (including phenoxy) is 3. The second kappa shape index (κ2) is 6.53. The molecule has 1 aromatic carbocycles. The molecule has 24 heavy (non-hydrogen) atoms. The molecule has 2 aliphatic heterocycles. The highest BCUT2D eigenvalue weighted by atomic mass is 16.8. The van der Waals surface area contributed by atoms with Crippen molar-refractivity contribution in [2.24, 2.45) is 0 Å². The Balaban J connectivity index is 1.77. The molecular weight excluding hydrogens is 310 g/mol. The van der Waals surface area contributed by atoms with Gasteiger partial charge in [0.2, 0.25) is 0 Å². The molecule has 6 heteroatoms. The largest absolute Gasteiger partial charge is 0.464 e. The van der Waals surface area contributed by atoms with E-state index in [0.29, 0.717) is 13.1 Å². The van der Waals surface area contributed by atoms with Gasteiger partial charge in [-0.3, -0.25) is 4.79 Å². The minimum Gasteiger partial charge on any atom is -0.464 e. The number of esters is 1. The van der Waals surface area contributed by atoms with E-state index in [2.05, 4.69) is 6.07 Å². The normalized spacial score (nSPS) is 25.2. The van der Waals surface area contributed by atoms with Crippen LogP contribution in [0.15, 0.2) is 24.3 Å². The Kier molecular flexibility index (Phi) is 4.60. The number of rotatable bonds is 3. The van der Waals surface area contributed by atoms with Gasteiger partial charge >= 0.3 is 5.97 Å². The summed E-state index contributed by atoms with van der Waals surface area (Å²) >= 11 is 0. The molecule has 1 saturated heterocycles. The van der Waals surface area contributed by atoms with E-state index < -0.39 is 24.0 Å². The number of hydrogen-bond donors (Lipinski definition) is 0. The Hall–Kier alpha value is -1.92. The van der Waals surface area contributed by atoms with Crippen molar-refractivity contribution in [3.05, 3.63) is 35.4 Å². The minimum absolute atomic E-state index is 0.229. The first-order valence-electron chi connectivity index (χ1n) is 8.29. The maximum absolute atomic E-state index is 12.9. The van der Waals surface area contributed by atoms with Gasteiger partial charge in [0.25, 0.3) is 5.91 Å². The van der Waals surface area contributed by atoms with Crippen molar-refractivity contribution in [3.8, 4) is 0 Å². The molecule has 0 N–H and O–H groups in total. The summed E-state index contributed by atoms with van der Waals surface area (Å²) in [5.74, 6) is -1.78. The van der Waals surface area contributed by atoms with Crippen LogP contribution in [-0.4, -0.2) is 47.9 Å². The first kappa shape index (κ1) is 16.9. The molecule has 2 heterocycles. The third-order valence-electron chi connectivity index (χ3n) is 4.30. The molecule has 1 amide bonds. The topological polar surface area (TPSA) is 65.1 Å². The lowest BCUT2D eigenvalue weighted by Gasteiger charge is -2.31. The van der Waals surface area contributed by atoms with Crippen LogP contribution in [0.1, 0.15) is 31.9 Å². The molecule has 1 fully saturated rings. The van der Waals surface area contributed by atoms with Crippen LogP contribution < -0.4 is 0 Å². The Morgan fingerprint density at radius 2 is 1.88 bits per heavy atom. The fourth-order valence-corrected chi connectivity index (χ4v) is 3.20. The lowest BCUT2D eigenvalue weighted by molar-refractivity contribution is -0.171. The first-order valence-corrected chi connectivity index (χ1v) is 8.29. The maximum Gasteiger partial charge on any atom is 0.338 e. The second-order valence-corrected chi connectivity index (χ2v) is 6.51. The van der Waals surface area contributed by atoms with Crippen LogP contribution in [0.4, 0.5) is 0 Å². The molecule has 6 nitrogen and oxygen atoms in total. The molecule has 2 atom stereocenters. The van der Waals surface area contributed by atoms with Crippen molar-refractivity contribution in [2.75, 3.05) is 13.2 Å². The van der Waals surface area contributed by atoms with Gasteiger partial charge in [-0.05, 0) is 38.3 Å². The summed E-state index contributed by atoms with van der Waals surface area (Å²) in [7, 11) is 0. The van der Waals surface area contributed by atoms with Gasteiger partial charge in [0, 0.05) is 13.1 Å². The molecular formula is C18H23NO5. The van der Waals surface area contributed by atoms with Crippen LogP contribution in [-0.2, 0) is 36.8 Å². The fraction of sp³-hybridized carbons (Fsp3) is 0.556. The van der Waals surface area contributed by atoms with E-state index in [1.165, 1.54) is 5.56 Å². The Bertz CT molecular complexity index is 642. The number of nitrogens with zero attached hydrogens (tertiary/aromatic N) is 1. The van der Waals surface area contributed by atoms with E-state index in [0.717, 1.165) is 12.0 Å². The molecule has 0 unspecified atom stereocenters. The lowest BCUT2D eigenvalue weighted by atomic mass is 9.99. The number of carbonyl (C=O) groups is 2. The van der Waals surface area contributed by atoms with Crippen molar-refractivity contribution in [1.29, 1.82) is 0 Å². The minimum atomic E-state index is -1.02. The van der Waals surface area contributed by atoms with Gasteiger partial charge in [-0.15, -0.1) is 0 Å². The molecule has 130 valence electrons. The molecule has 3 rings (SSSR count). The zero-order valence-electron chi connectivity index (χ0n) is 14.3. The van der Waals surface area contributed by atoms with E-state index in [1.54, 1.807) is 25.7 Å². The molecule has 0 saturated carbocycles. The highest BCUT2D eigenvalue weighted by Crippen LogP contribution is 2.31. The third-order valence-corrected chi connectivity index (χ3v) is 4.30. The molecule has 2 aliphatic rings. The first-order chi connectivity index (χ1) is 11.4. The third kappa shape index (κ3) is 3.30. The molecule has 0 spiro atoms. The molecule has 0 aromatic heterocycles. The summed E-state index contributed by atoms with van der Waals surface area (Å²) in [4.78, 5) is 26.8. The fourth-order valence-electron chi connectivity index (χ4n) is 3.20. The van der Waals surface area contributed by atoms with Crippen LogP contribution >= 0.6 is 0 Å². The van der Waals surface area contributed by atoms with Crippen LogP contribution in [0, 0.1) is 0 Å². The van der Waals surface area contributed by atoms with Crippen molar-refractivity contribution < 1.29 is 23.8 Å². The highest BCUT2D eigenvalue weighted by molar-refractivity contribution is 5.89. The predicted octanol–water partition coefficient (Wildman–Crippen LogP) is 1.65. The monoisotopic (exact) mass is 333 g/mol. The van der Waals surface area contributed by atoms with E-state index in [-0.39, 0.29) is 12.5 Å². The highest BCUT2D eigenvalue weighted by Gasteiger charge is 2.51. The Labute approximate surface area is 141 Å². The van der Waals surface area contributed by atoms with Gasteiger partial charge in [0.1, 0.15) is 0 Å². The summed E-state index contributed by atoms with van der Waals surface area (Å²) in [6, 6.07) is 8.07. The molecule has 1 aromatic rings. The molecule has 0 aliphatic carbocycles. The van der Waals surface area contributed by atoms with E-state index in [1.807, 2.05) is 18.2 Å². The van der Waals surface area contributed by atoms with Crippen molar-refractivity contribution >= 4 is 11.9 Å². The predicted molar refractivity (Wildman–Crippen MR) is 86.0 cm³/mol. The van der Waals surface area contributed by atoms with Crippen molar-refractivity contribution in [2.45, 2.75) is 51.7 Å². The van der Waals surface area contributed by atoms with Gasteiger partial charge in [0.05, 0.1) is 6.61 Å². The van der Waals surface area contributed by atoms with Gasteiger partial charge < -0.3 is 19.1 Å². The van der Waals surface area contributed by atoms with E-state index >= 15 is 0 Å². The number of benzene rings is 1. The Morgan fingerprint density at radius 1 is 1.21 bits per heavy atom. The summed E-state index contributed by atoms with van der Waals surface area (Å²) in [6.07, 6.45) is -1.20. The summed E-state index contributed by atoms with van der Waals surface area (Å²) in [6.45, 7) is 6.46. The van der Waals surface area contributed by atoms with Gasteiger partial charge in [-0.1, -0.05) is 24.3 Å². The smallest absolute Gasteiger partial charge is 0.338 e.